The Morgan fingerprint density at radius 1 is 1.03 bits per heavy atom. The molecule has 0 fully saturated rings. The van der Waals surface area contributed by atoms with Gasteiger partial charge in [0.1, 0.15) is 28.7 Å². The number of anilines is 1. The van der Waals surface area contributed by atoms with Gasteiger partial charge in [-0.05, 0) is 77.3 Å². The Balaban J connectivity index is 1.80. The Bertz CT molecular complexity index is 1220. The lowest BCUT2D eigenvalue weighted by Gasteiger charge is -2.17. The standard InChI is InChI=1S/C22H15Br2ClF2N2O3/c1-10-8-16(28-22(31)29-21(30)18-14(26)4-3-5-15(18)27)11(2)19(25)20(10)32-17-7-6-12(23)9-13(17)24/h3-9H,1-2H3,(H2,28,29,30,31). The molecular formula is C22H15Br2ClF2N2O3. The molecule has 2 N–H and O–H groups in total. The third-order valence-corrected chi connectivity index (χ3v) is 5.99. The molecule has 0 aliphatic carbocycles. The van der Waals surface area contributed by atoms with Crippen molar-refractivity contribution in [3.05, 3.63) is 84.8 Å². The molecule has 0 saturated carbocycles. The second-order valence-corrected chi connectivity index (χ2v) is 8.84. The summed E-state index contributed by atoms with van der Waals surface area (Å²) in [5.74, 6) is -2.44. The lowest BCUT2D eigenvalue weighted by molar-refractivity contribution is 0.0959. The maximum absolute atomic E-state index is 13.8. The molecule has 0 atom stereocenters. The van der Waals surface area contributed by atoms with E-state index >= 15 is 0 Å². The highest BCUT2D eigenvalue weighted by Gasteiger charge is 2.21. The summed E-state index contributed by atoms with van der Waals surface area (Å²) in [6, 6.07) is 8.99. The van der Waals surface area contributed by atoms with Gasteiger partial charge in [-0.1, -0.05) is 33.6 Å². The monoisotopic (exact) mass is 586 g/mol. The lowest BCUT2D eigenvalue weighted by Crippen LogP contribution is -2.35. The fraction of sp³-hybridized carbons (Fsp3) is 0.0909. The number of ether oxygens (including phenoxy) is 1. The number of rotatable bonds is 4. The van der Waals surface area contributed by atoms with Crippen molar-refractivity contribution in [2.45, 2.75) is 13.8 Å². The molecule has 0 heterocycles. The van der Waals surface area contributed by atoms with Crippen LogP contribution in [0.1, 0.15) is 21.5 Å². The zero-order chi connectivity index (χ0) is 23.6. The largest absolute Gasteiger partial charge is 0.454 e. The van der Waals surface area contributed by atoms with Crippen LogP contribution >= 0.6 is 43.5 Å². The fourth-order valence-electron chi connectivity index (χ4n) is 2.81. The summed E-state index contributed by atoms with van der Waals surface area (Å²) in [6.07, 6.45) is 0. The van der Waals surface area contributed by atoms with Crippen LogP contribution in [0.5, 0.6) is 11.5 Å². The molecule has 3 aromatic rings. The number of nitrogens with one attached hydrogen (secondary N) is 2. The summed E-state index contributed by atoms with van der Waals surface area (Å²) >= 11 is 13.3. The number of amides is 3. The Morgan fingerprint density at radius 2 is 1.69 bits per heavy atom. The maximum Gasteiger partial charge on any atom is 0.326 e. The van der Waals surface area contributed by atoms with Crippen molar-refractivity contribution in [2.24, 2.45) is 0 Å². The van der Waals surface area contributed by atoms with Crippen molar-refractivity contribution >= 4 is 61.1 Å². The minimum atomic E-state index is -1.21. The smallest absolute Gasteiger partial charge is 0.326 e. The molecule has 0 aromatic heterocycles. The van der Waals surface area contributed by atoms with Crippen LogP contribution in [0.15, 0.2) is 51.4 Å². The Labute approximate surface area is 204 Å². The maximum atomic E-state index is 13.8. The molecular weight excluding hydrogens is 574 g/mol. The van der Waals surface area contributed by atoms with E-state index in [0.717, 1.165) is 22.7 Å². The van der Waals surface area contributed by atoms with Gasteiger partial charge in [0.15, 0.2) is 0 Å². The van der Waals surface area contributed by atoms with E-state index in [4.69, 9.17) is 16.3 Å². The third kappa shape index (κ3) is 5.28. The van der Waals surface area contributed by atoms with Crippen LogP contribution in [0.2, 0.25) is 5.02 Å². The molecule has 32 heavy (non-hydrogen) atoms. The van der Waals surface area contributed by atoms with E-state index < -0.39 is 29.1 Å². The Hall–Kier alpha value is -2.49. The van der Waals surface area contributed by atoms with Crippen molar-refractivity contribution in [1.82, 2.24) is 5.32 Å². The first-order chi connectivity index (χ1) is 15.1. The SMILES string of the molecule is Cc1cc(NC(=O)NC(=O)c2c(F)cccc2F)c(C)c(Cl)c1Oc1ccc(Br)cc1Br. The number of imide groups is 1. The van der Waals surface area contributed by atoms with E-state index in [1.807, 2.05) is 17.4 Å². The normalized spacial score (nSPS) is 10.6. The molecule has 3 rings (SSSR count). The molecule has 3 amide bonds. The number of benzene rings is 3. The first kappa shape index (κ1) is 24.2. The van der Waals surface area contributed by atoms with E-state index in [-0.39, 0.29) is 5.02 Å². The van der Waals surface area contributed by atoms with Gasteiger partial charge in [-0.3, -0.25) is 10.1 Å². The highest BCUT2D eigenvalue weighted by Crippen LogP contribution is 2.41. The molecule has 0 radical (unpaired) electrons. The van der Waals surface area contributed by atoms with Crippen molar-refractivity contribution < 1.29 is 23.1 Å². The van der Waals surface area contributed by atoms with Crippen LogP contribution in [0.25, 0.3) is 0 Å². The number of aryl methyl sites for hydroxylation is 1. The molecule has 0 spiro atoms. The van der Waals surface area contributed by atoms with Gasteiger partial charge in [0.05, 0.1) is 9.50 Å². The highest BCUT2D eigenvalue weighted by molar-refractivity contribution is 9.11. The van der Waals surface area contributed by atoms with E-state index in [1.54, 1.807) is 26.0 Å². The average molecular weight is 589 g/mol. The molecule has 0 bridgehead atoms. The van der Waals surface area contributed by atoms with Gasteiger partial charge in [-0.2, -0.15) is 0 Å². The zero-order valence-corrected chi connectivity index (χ0v) is 20.6. The van der Waals surface area contributed by atoms with Crippen LogP contribution in [0.4, 0.5) is 19.3 Å². The lowest BCUT2D eigenvalue weighted by atomic mass is 10.1. The first-order valence-electron chi connectivity index (χ1n) is 9.07. The van der Waals surface area contributed by atoms with E-state index in [9.17, 15) is 18.4 Å². The van der Waals surface area contributed by atoms with Crippen LogP contribution in [0.3, 0.4) is 0 Å². The number of carbonyl (C=O) groups is 2. The molecule has 0 saturated heterocycles. The predicted octanol–water partition coefficient (Wildman–Crippen LogP) is 7.51. The minimum absolute atomic E-state index is 0.251. The van der Waals surface area contributed by atoms with Crippen LogP contribution in [0, 0.1) is 25.5 Å². The molecule has 3 aromatic carbocycles. The quantitative estimate of drug-likeness (QED) is 0.332. The molecule has 0 unspecified atom stereocenters. The van der Waals surface area contributed by atoms with Crippen molar-refractivity contribution in [3.63, 3.8) is 0 Å². The average Bonchev–Trinajstić information content (AvgIpc) is 2.70. The summed E-state index contributed by atoms with van der Waals surface area (Å²) in [4.78, 5) is 24.4. The van der Waals surface area contributed by atoms with Crippen molar-refractivity contribution in [2.75, 3.05) is 5.32 Å². The van der Waals surface area contributed by atoms with Gasteiger partial charge in [0, 0.05) is 10.2 Å². The van der Waals surface area contributed by atoms with Crippen molar-refractivity contribution in [3.8, 4) is 11.5 Å². The Morgan fingerprint density at radius 3 is 2.31 bits per heavy atom. The van der Waals surface area contributed by atoms with Gasteiger partial charge in [0.25, 0.3) is 5.91 Å². The van der Waals surface area contributed by atoms with Crippen LogP contribution in [-0.2, 0) is 0 Å². The molecule has 0 aliphatic rings. The summed E-state index contributed by atoms with van der Waals surface area (Å²) < 4.78 is 35.0. The molecule has 5 nitrogen and oxygen atoms in total. The second kappa shape index (κ2) is 9.97. The highest BCUT2D eigenvalue weighted by atomic mass is 79.9. The van der Waals surface area contributed by atoms with E-state index in [2.05, 4.69) is 37.2 Å². The number of hydrogen-bond acceptors (Lipinski definition) is 3. The number of hydrogen-bond donors (Lipinski definition) is 2. The van der Waals surface area contributed by atoms with Crippen molar-refractivity contribution in [1.29, 1.82) is 0 Å². The number of halogens is 5. The summed E-state index contributed by atoms with van der Waals surface area (Å²) in [7, 11) is 0. The summed E-state index contributed by atoms with van der Waals surface area (Å²) in [6.45, 7) is 3.38. The predicted molar refractivity (Wildman–Crippen MR) is 126 cm³/mol. The van der Waals surface area contributed by atoms with Gasteiger partial charge in [0.2, 0.25) is 0 Å². The van der Waals surface area contributed by atoms with Gasteiger partial charge in [-0.25, -0.2) is 13.6 Å². The first-order valence-corrected chi connectivity index (χ1v) is 11.0. The number of urea groups is 1. The molecule has 166 valence electrons. The van der Waals surface area contributed by atoms with Crippen LogP contribution < -0.4 is 15.4 Å². The molecule has 10 heteroatoms. The van der Waals surface area contributed by atoms with Crippen LogP contribution in [-0.4, -0.2) is 11.9 Å². The van der Waals surface area contributed by atoms with Gasteiger partial charge >= 0.3 is 6.03 Å². The van der Waals surface area contributed by atoms with Gasteiger partial charge < -0.3 is 10.1 Å². The number of carbonyl (C=O) groups excluding carboxylic acids is 2. The Kier molecular flexibility index (Phi) is 7.53. The molecule has 0 aliphatic heterocycles. The fourth-order valence-corrected chi connectivity index (χ4v) is 4.23. The van der Waals surface area contributed by atoms with Gasteiger partial charge in [-0.15, -0.1) is 0 Å². The summed E-state index contributed by atoms with van der Waals surface area (Å²) in [5, 5.41) is 4.63. The second-order valence-electron chi connectivity index (χ2n) is 6.69. The van der Waals surface area contributed by atoms with E-state index in [0.29, 0.717) is 32.8 Å². The van der Waals surface area contributed by atoms with E-state index in [1.165, 1.54) is 0 Å². The minimum Gasteiger partial charge on any atom is -0.454 e. The third-order valence-electron chi connectivity index (χ3n) is 4.42. The zero-order valence-electron chi connectivity index (χ0n) is 16.7. The topological polar surface area (TPSA) is 67.4 Å². The summed E-state index contributed by atoms with van der Waals surface area (Å²) in [5.41, 5.74) is 0.531.